The number of benzene rings is 1. The minimum Gasteiger partial charge on any atom is -0.370 e. The lowest BCUT2D eigenvalue weighted by molar-refractivity contribution is -0.125. The molecule has 2 saturated heterocycles. The highest BCUT2D eigenvalue weighted by atomic mass is 35.5. The molecule has 4 rings (SSSR count). The van der Waals surface area contributed by atoms with Crippen molar-refractivity contribution in [3.8, 4) is 6.07 Å². The highest BCUT2D eigenvalue weighted by Gasteiger charge is 2.31. The Hall–Kier alpha value is -2.97. The largest absolute Gasteiger partial charge is 0.370 e. The molecular formula is C21H20ClN5O4S. The van der Waals surface area contributed by atoms with E-state index in [-0.39, 0.29) is 35.9 Å². The van der Waals surface area contributed by atoms with E-state index in [0.717, 1.165) is 0 Å². The van der Waals surface area contributed by atoms with E-state index >= 15 is 0 Å². The van der Waals surface area contributed by atoms with Gasteiger partial charge in [-0.05, 0) is 36.8 Å². The Labute approximate surface area is 193 Å². The second-order valence-corrected chi connectivity index (χ2v) is 9.11. The summed E-state index contributed by atoms with van der Waals surface area (Å²) in [6, 6.07) is 9.56. The minimum absolute atomic E-state index is 0.00491. The minimum atomic E-state index is -0.515. The van der Waals surface area contributed by atoms with E-state index in [0.29, 0.717) is 46.7 Å². The predicted molar refractivity (Wildman–Crippen MR) is 120 cm³/mol. The third kappa shape index (κ3) is 4.92. The lowest BCUT2D eigenvalue weighted by Gasteiger charge is -2.27. The van der Waals surface area contributed by atoms with Crippen molar-refractivity contribution in [1.29, 1.82) is 5.26 Å². The summed E-state index contributed by atoms with van der Waals surface area (Å²) in [6.07, 6.45) is 0.416. The average molecular weight is 474 g/mol. The zero-order valence-corrected chi connectivity index (χ0v) is 18.5. The van der Waals surface area contributed by atoms with Crippen molar-refractivity contribution in [3.63, 3.8) is 0 Å². The molecule has 2 aromatic rings. The van der Waals surface area contributed by atoms with Crippen molar-refractivity contribution in [2.45, 2.75) is 18.5 Å². The molecule has 1 aromatic heterocycles. The number of ether oxygens (including phenoxy) is 1. The molecule has 32 heavy (non-hydrogen) atoms. The summed E-state index contributed by atoms with van der Waals surface area (Å²) < 4.78 is 5.67. The molecule has 2 aliphatic heterocycles. The Balaban J connectivity index is 1.37. The first kappa shape index (κ1) is 22.2. The second kappa shape index (κ2) is 9.67. The Morgan fingerprint density at radius 3 is 2.88 bits per heavy atom. The van der Waals surface area contributed by atoms with Crippen molar-refractivity contribution in [2.24, 2.45) is 0 Å². The molecule has 9 nitrogen and oxygen atoms in total. The van der Waals surface area contributed by atoms with Crippen LogP contribution < -0.4 is 20.9 Å². The summed E-state index contributed by atoms with van der Waals surface area (Å²) in [6.45, 7) is 1.29. The molecule has 0 bridgehead atoms. The van der Waals surface area contributed by atoms with Crippen LogP contribution in [0.2, 0.25) is 4.34 Å². The zero-order chi connectivity index (χ0) is 22.7. The lowest BCUT2D eigenvalue weighted by atomic mass is 10.1. The van der Waals surface area contributed by atoms with E-state index in [1.54, 1.807) is 35.2 Å². The van der Waals surface area contributed by atoms with Gasteiger partial charge < -0.3 is 25.6 Å². The van der Waals surface area contributed by atoms with Gasteiger partial charge in [-0.2, -0.15) is 5.26 Å². The van der Waals surface area contributed by atoms with Crippen LogP contribution in [0.5, 0.6) is 0 Å². The van der Waals surface area contributed by atoms with E-state index in [9.17, 15) is 19.6 Å². The van der Waals surface area contributed by atoms with Gasteiger partial charge in [0.1, 0.15) is 12.7 Å². The maximum absolute atomic E-state index is 12.7. The maximum atomic E-state index is 12.7. The average Bonchev–Trinajstić information content (AvgIpc) is 3.43. The number of halogens is 1. The molecule has 0 spiro atoms. The normalized spacial score (nSPS) is 20.6. The van der Waals surface area contributed by atoms with Gasteiger partial charge in [-0.15, -0.1) is 11.3 Å². The van der Waals surface area contributed by atoms with Crippen molar-refractivity contribution < 1.29 is 19.1 Å². The number of carbonyl (C=O) groups is 3. The number of nitriles is 1. The van der Waals surface area contributed by atoms with Crippen LogP contribution in [0, 0.1) is 11.3 Å². The van der Waals surface area contributed by atoms with Gasteiger partial charge in [0.05, 0.1) is 33.1 Å². The number of thiophene rings is 1. The monoisotopic (exact) mass is 473 g/mol. The van der Waals surface area contributed by atoms with Gasteiger partial charge in [-0.1, -0.05) is 11.6 Å². The van der Waals surface area contributed by atoms with Crippen LogP contribution in [0.25, 0.3) is 0 Å². The van der Waals surface area contributed by atoms with Crippen molar-refractivity contribution in [3.05, 3.63) is 45.1 Å². The highest BCUT2D eigenvalue weighted by molar-refractivity contribution is 7.18. The summed E-state index contributed by atoms with van der Waals surface area (Å²) >= 11 is 7.07. The molecule has 2 atom stereocenters. The van der Waals surface area contributed by atoms with Gasteiger partial charge in [-0.25, -0.2) is 0 Å². The highest BCUT2D eigenvalue weighted by Crippen LogP contribution is 2.25. The molecule has 2 aliphatic rings. The molecule has 166 valence electrons. The van der Waals surface area contributed by atoms with E-state index in [4.69, 9.17) is 16.3 Å². The van der Waals surface area contributed by atoms with Gasteiger partial charge in [0.2, 0.25) is 5.91 Å². The van der Waals surface area contributed by atoms with Crippen molar-refractivity contribution in [2.75, 3.05) is 36.5 Å². The Morgan fingerprint density at radius 2 is 2.16 bits per heavy atom. The molecule has 1 aromatic carbocycles. The fraction of sp³-hybridized carbons (Fsp3) is 0.333. The number of carbonyl (C=O) groups excluding carboxylic acids is 3. The molecule has 0 saturated carbocycles. The number of rotatable bonds is 5. The van der Waals surface area contributed by atoms with Crippen LogP contribution in [-0.4, -0.2) is 56.1 Å². The number of anilines is 2. The van der Waals surface area contributed by atoms with Crippen molar-refractivity contribution in [1.82, 2.24) is 10.6 Å². The molecule has 1 unspecified atom stereocenters. The fourth-order valence-electron chi connectivity index (χ4n) is 3.65. The SMILES string of the molecule is N#Cc1cc(N2CCOCC2=O)ccc1NC(=O)C1C[C@H](NC(=O)c2ccc(Cl)s2)CN1. The predicted octanol–water partition coefficient (Wildman–Crippen LogP) is 1.74. The van der Waals surface area contributed by atoms with Crippen LogP contribution in [0.4, 0.5) is 11.4 Å². The quantitative estimate of drug-likeness (QED) is 0.607. The summed E-state index contributed by atoms with van der Waals surface area (Å²) in [5, 5.41) is 18.3. The van der Waals surface area contributed by atoms with Crippen LogP contribution in [-0.2, 0) is 14.3 Å². The Bertz CT molecular complexity index is 1100. The smallest absolute Gasteiger partial charge is 0.261 e. The molecule has 3 amide bonds. The molecule has 0 aliphatic carbocycles. The molecule has 11 heteroatoms. The standard InChI is InChI=1S/C21H20ClN5O4S/c22-18-4-3-17(32-18)21(30)25-13-8-16(24-10-13)20(29)26-15-2-1-14(7-12(15)9-23)27-5-6-31-11-19(27)28/h1-4,7,13,16,24H,5-6,8,10-11H2,(H,25,30)(H,26,29)/t13-,16?/m0/s1. The number of nitrogens with one attached hydrogen (secondary N) is 3. The first-order valence-electron chi connectivity index (χ1n) is 9.97. The van der Waals surface area contributed by atoms with Crippen LogP contribution in [0.1, 0.15) is 21.7 Å². The maximum Gasteiger partial charge on any atom is 0.261 e. The van der Waals surface area contributed by atoms with Crippen molar-refractivity contribution >= 4 is 52.0 Å². The van der Waals surface area contributed by atoms with E-state index < -0.39 is 6.04 Å². The van der Waals surface area contributed by atoms with Gasteiger partial charge >= 0.3 is 0 Å². The number of hydrogen-bond donors (Lipinski definition) is 3. The summed E-state index contributed by atoms with van der Waals surface area (Å²) in [4.78, 5) is 39.1. The first-order chi connectivity index (χ1) is 15.4. The van der Waals surface area contributed by atoms with Gasteiger partial charge in [0, 0.05) is 24.8 Å². The number of amides is 3. The van der Waals surface area contributed by atoms with Crippen LogP contribution in [0.15, 0.2) is 30.3 Å². The summed E-state index contributed by atoms with van der Waals surface area (Å²) in [5.41, 5.74) is 1.21. The lowest BCUT2D eigenvalue weighted by Crippen LogP contribution is -2.41. The number of nitrogens with zero attached hydrogens (tertiary/aromatic N) is 2. The molecule has 0 radical (unpaired) electrons. The summed E-state index contributed by atoms with van der Waals surface area (Å²) in [7, 11) is 0. The molecule has 3 heterocycles. The first-order valence-corrected chi connectivity index (χ1v) is 11.2. The Kier molecular flexibility index (Phi) is 6.72. The van der Waals surface area contributed by atoms with Gasteiger partial charge in [-0.3, -0.25) is 14.4 Å². The van der Waals surface area contributed by atoms with E-state index in [1.165, 1.54) is 11.3 Å². The topological polar surface area (TPSA) is 124 Å². The number of morpholine rings is 1. The second-order valence-electron chi connectivity index (χ2n) is 7.40. The zero-order valence-electron chi connectivity index (χ0n) is 16.9. The van der Waals surface area contributed by atoms with Crippen LogP contribution >= 0.6 is 22.9 Å². The van der Waals surface area contributed by atoms with Gasteiger partial charge in [0.25, 0.3) is 11.8 Å². The van der Waals surface area contributed by atoms with Crippen LogP contribution in [0.3, 0.4) is 0 Å². The summed E-state index contributed by atoms with van der Waals surface area (Å²) in [5.74, 6) is -0.702. The number of hydrogen-bond acceptors (Lipinski definition) is 7. The molecule has 2 fully saturated rings. The third-order valence-corrected chi connectivity index (χ3v) is 6.49. The van der Waals surface area contributed by atoms with E-state index in [1.807, 2.05) is 0 Å². The van der Waals surface area contributed by atoms with Gasteiger partial charge in [0.15, 0.2) is 0 Å². The third-order valence-electron chi connectivity index (χ3n) is 5.26. The fourth-order valence-corrected chi connectivity index (χ4v) is 4.60. The molecular weight excluding hydrogens is 454 g/mol. The molecule has 3 N–H and O–H groups in total. The Morgan fingerprint density at radius 1 is 1.31 bits per heavy atom. The van der Waals surface area contributed by atoms with E-state index in [2.05, 4.69) is 22.0 Å².